The summed E-state index contributed by atoms with van der Waals surface area (Å²) in [7, 11) is 0. The van der Waals surface area contributed by atoms with E-state index in [1.165, 1.54) is 6.20 Å². The summed E-state index contributed by atoms with van der Waals surface area (Å²) in [5.41, 5.74) is 8.59. The van der Waals surface area contributed by atoms with Crippen molar-refractivity contribution < 1.29 is 13.9 Å². The monoisotopic (exact) mass is 457 g/mol. The van der Waals surface area contributed by atoms with Gasteiger partial charge in [-0.15, -0.1) is 9.78 Å². The average molecular weight is 458 g/mol. The van der Waals surface area contributed by atoms with Crippen molar-refractivity contribution in [3.8, 4) is 11.7 Å². The fraction of sp³-hybridized carbons (Fsp3) is 0.350. The normalized spacial score (nSPS) is 19.2. The van der Waals surface area contributed by atoms with E-state index in [-0.39, 0.29) is 47.9 Å². The number of nitrogens with zero attached hydrogens (tertiary/aromatic N) is 4. The van der Waals surface area contributed by atoms with Gasteiger partial charge in [-0.2, -0.15) is 0 Å². The number of carbonyl (C=O) groups is 1. The molecule has 1 aliphatic carbocycles. The summed E-state index contributed by atoms with van der Waals surface area (Å²) >= 11 is 6.29. The summed E-state index contributed by atoms with van der Waals surface area (Å²) in [5.74, 6) is -0.124. The Labute approximate surface area is 186 Å². The number of ether oxygens (including phenoxy) is 1. The molecule has 0 saturated heterocycles. The van der Waals surface area contributed by atoms with Crippen LogP contribution in [0.2, 0.25) is 5.02 Å². The van der Waals surface area contributed by atoms with Crippen molar-refractivity contribution in [1.82, 2.24) is 25.1 Å². The van der Waals surface area contributed by atoms with Gasteiger partial charge in [-0.05, 0) is 29.5 Å². The van der Waals surface area contributed by atoms with E-state index >= 15 is 0 Å². The number of fused-ring (bicyclic) bond motifs is 2. The minimum atomic E-state index is -0.694. The molecule has 3 heterocycles. The highest BCUT2D eigenvalue weighted by Gasteiger charge is 2.30. The molecule has 1 amide bonds. The van der Waals surface area contributed by atoms with Gasteiger partial charge in [-0.1, -0.05) is 23.7 Å². The zero-order valence-electron chi connectivity index (χ0n) is 16.9. The fourth-order valence-corrected chi connectivity index (χ4v) is 4.21. The van der Waals surface area contributed by atoms with E-state index in [0.29, 0.717) is 19.5 Å². The first-order valence-electron chi connectivity index (χ1n) is 10.1. The molecule has 166 valence electrons. The largest absolute Gasteiger partial charge is 0.465 e. The molecule has 11 nitrogen and oxygen atoms in total. The Morgan fingerprint density at radius 2 is 2.22 bits per heavy atom. The van der Waals surface area contributed by atoms with E-state index in [9.17, 15) is 9.59 Å². The third-order valence-corrected chi connectivity index (χ3v) is 5.90. The van der Waals surface area contributed by atoms with E-state index in [0.717, 1.165) is 27.3 Å². The standard InChI is InChI=1S/C20H20ClN7O4/c21-13-3-1-2-11-12(13)6-10(17(11)22)7-23-5-4-16-27-28(20(30)32-16)14-8-24-19-18(25-14)26-15(29)9-31-19/h1-3,8,10,17,23H,4-7,9,22H2,(H,25,26,29). The van der Waals surface area contributed by atoms with Crippen LogP contribution in [0.4, 0.5) is 5.82 Å². The van der Waals surface area contributed by atoms with Crippen LogP contribution in [0.1, 0.15) is 23.1 Å². The maximum absolute atomic E-state index is 12.2. The van der Waals surface area contributed by atoms with Crippen LogP contribution in [-0.2, 0) is 17.6 Å². The lowest BCUT2D eigenvalue weighted by atomic mass is 10.0. The van der Waals surface area contributed by atoms with Crippen molar-refractivity contribution in [2.75, 3.05) is 25.0 Å². The second-order valence-electron chi connectivity index (χ2n) is 7.64. The highest BCUT2D eigenvalue weighted by atomic mass is 35.5. The number of carbonyl (C=O) groups excluding carboxylic acids is 1. The molecular weight excluding hydrogens is 438 g/mol. The predicted octanol–water partition coefficient (Wildman–Crippen LogP) is 0.604. The Balaban J connectivity index is 1.19. The summed E-state index contributed by atoms with van der Waals surface area (Å²) in [6.07, 6.45) is 2.55. The van der Waals surface area contributed by atoms with Gasteiger partial charge in [0, 0.05) is 30.6 Å². The molecule has 4 N–H and O–H groups in total. The number of amides is 1. The summed E-state index contributed by atoms with van der Waals surface area (Å²) in [5, 5.41) is 10.8. The van der Waals surface area contributed by atoms with Gasteiger partial charge in [0.1, 0.15) is 0 Å². The first kappa shape index (κ1) is 20.6. The van der Waals surface area contributed by atoms with Crippen LogP contribution in [-0.4, -0.2) is 45.4 Å². The summed E-state index contributed by atoms with van der Waals surface area (Å²) in [4.78, 5) is 31.9. The lowest BCUT2D eigenvalue weighted by Crippen LogP contribution is -2.30. The van der Waals surface area contributed by atoms with Crippen molar-refractivity contribution in [2.24, 2.45) is 11.7 Å². The second kappa shape index (κ2) is 8.34. The maximum Gasteiger partial charge on any atom is 0.443 e. The molecule has 1 aromatic carbocycles. The number of rotatable bonds is 6. The number of halogens is 1. The van der Waals surface area contributed by atoms with Crippen LogP contribution in [0.15, 0.2) is 33.6 Å². The highest BCUT2D eigenvalue weighted by molar-refractivity contribution is 6.31. The molecule has 32 heavy (non-hydrogen) atoms. The molecule has 2 aliphatic rings. The second-order valence-corrected chi connectivity index (χ2v) is 8.05. The van der Waals surface area contributed by atoms with Gasteiger partial charge in [0.15, 0.2) is 18.2 Å². The Hall–Kier alpha value is -3.28. The van der Waals surface area contributed by atoms with Crippen LogP contribution >= 0.6 is 11.6 Å². The number of nitrogens with two attached hydrogens (primary N) is 1. The molecule has 5 rings (SSSR count). The van der Waals surface area contributed by atoms with Gasteiger partial charge in [0.2, 0.25) is 5.89 Å². The number of benzene rings is 1. The van der Waals surface area contributed by atoms with Crippen LogP contribution in [0.5, 0.6) is 5.88 Å². The third kappa shape index (κ3) is 3.85. The van der Waals surface area contributed by atoms with E-state index in [1.807, 2.05) is 18.2 Å². The molecular formula is C20H20ClN7O4. The van der Waals surface area contributed by atoms with Crippen LogP contribution in [0, 0.1) is 5.92 Å². The van der Waals surface area contributed by atoms with Gasteiger partial charge in [-0.25, -0.2) is 14.8 Å². The first-order valence-corrected chi connectivity index (χ1v) is 10.5. The summed E-state index contributed by atoms with van der Waals surface area (Å²) in [6, 6.07) is 5.76. The number of hydrogen-bond acceptors (Lipinski definition) is 9. The molecule has 0 fully saturated rings. The predicted molar refractivity (Wildman–Crippen MR) is 114 cm³/mol. The van der Waals surface area contributed by atoms with E-state index in [2.05, 4.69) is 25.7 Å². The van der Waals surface area contributed by atoms with Crippen LogP contribution < -0.4 is 26.9 Å². The average Bonchev–Trinajstić information content (AvgIpc) is 3.31. The van der Waals surface area contributed by atoms with E-state index in [1.54, 1.807) is 0 Å². The minimum absolute atomic E-state index is 0.0691. The Morgan fingerprint density at radius 1 is 1.34 bits per heavy atom. The van der Waals surface area contributed by atoms with Crippen molar-refractivity contribution in [3.63, 3.8) is 0 Å². The molecule has 2 aromatic heterocycles. The third-order valence-electron chi connectivity index (χ3n) is 5.54. The smallest absolute Gasteiger partial charge is 0.443 e. The van der Waals surface area contributed by atoms with Crippen LogP contribution in [0.3, 0.4) is 0 Å². The first-order chi connectivity index (χ1) is 15.5. The van der Waals surface area contributed by atoms with Gasteiger partial charge >= 0.3 is 5.76 Å². The molecule has 1 aliphatic heterocycles. The molecule has 2 atom stereocenters. The highest BCUT2D eigenvalue weighted by Crippen LogP contribution is 2.37. The van der Waals surface area contributed by atoms with Crippen molar-refractivity contribution >= 4 is 23.3 Å². The molecule has 0 radical (unpaired) electrons. The SMILES string of the molecule is NC1c2cccc(Cl)c2CC1CNCCc1nn(-c2cnc3c(n2)NC(=O)CO3)c(=O)o1. The summed E-state index contributed by atoms with van der Waals surface area (Å²) < 4.78 is 11.4. The topological polar surface area (TPSA) is 150 Å². The van der Waals surface area contributed by atoms with Gasteiger partial charge in [-0.3, -0.25) is 4.79 Å². The maximum atomic E-state index is 12.2. The summed E-state index contributed by atoms with van der Waals surface area (Å²) in [6.45, 7) is 1.12. The van der Waals surface area contributed by atoms with Crippen LogP contribution in [0.25, 0.3) is 5.82 Å². The van der Waals surface area contributed by atoms with E-state index in [4.69, 9.17) is 26.5 Å². The number of anilines is 1. The van der Waals surface area contributed by atoms with E-state index < -0.39 is 5.76 Å². The molecule has 2 unspecified atom stereocenters. The van der Waals surface area contributed by atoms with Crippen molar-refractivity contribution in [1.29, 1.82) is 0 Å². The number of aromatic nitrogens is 4. The zero-order valence-corrected chi connectivity index (χ0v) is 17.6. The zero-order chi connectivity index (χ0) is 22.2. The quantitative estimate of drug-likeness (QED) is 0.452. The molecule has 12 heteroatoms. The number of hydrogen-bond donors (Lipinski definition) is 3. The lowest BCUT2D eigenvalue weighted by molar-refractivity contribution is -0.118. The molecule has 0 spiro atoms. The Kier molecular flexibility index (Phi) is 5.37. The van der Waals surface area contributed by atoms with Crippen molar-refractivity contribution in [3.05, 3.63) is 57.0 Å². The molecule has 0 saturated carbocycles. The number of nitrogens with one attached hydrogen (secondary N) is 2. The van der Waals surface area contributed by atoms with Gasteiger partial charge in [0.25, 0.3) is 11.8 Å². The fourth-order valence-electron chi connectivity index (χ4n) is 3.95. The van der Waals surface area contributed by atoms with Gasteiger partial charge < -0.3 is 25.5 Å². The molecule has 0 bridgehead atoms. The van der Waals surface area contributed by atoms with Crippen molar-refractivity contribution in [2.45, 2.75) is 18.9 Å². The van der Waals surface area contributed by atoms with Gasteiger partial charge in [0.05, 0.1) is 6.20 Å². The minimum Gasteiger partial charge on any atom is -0.465 e. The Bertz CT molecular complexity index is 1240. The lowest BCUT2D eigenvalue weighted by Gasteiger charge is -2.16. The molecule has 3 aromatic rings. The Morgan fingerprint density at radius 3 is 3.06 bits per heavy atom.